The van der Waals surface area contributed by atoms with Crippen molar-refractivity contribution >= 4 is 11.3 Å². The van der Waals surface area contributed by atoms with Crippen LogP contribution in [0.15, 0.2) is 12.1 Å². The first-order valence-corrected chi connectivity index (χ1v) is 7.23. The third kappa shape index (κ3) is 2.59. The second-order valence-corrected chi connectivity index (χ2v) is 6.48. The van der Waals surface area contributed by atoms with Gasteiger partial charge in [-0.25, -0.2) is 0 Å². The van der Waals surface area contributed by atoms with Crippen molar-refractivity contribution in [2.45, 2.75) is 45.9 Å². The van der Waals surface area contributed by atoms with E-state index in [0.29, 0.717) is 12.1 Å². The Morgan fingerprint density at radius 1 is 1.56 bits per heavy atom. The van der Waals surface area contributed by atoms with Crippen LogP contribution in [0.5, 0.6) is 0 Å². The third-order valence-electron chi connectivity index (χ3n) is 3.84. The topological polar surface area (TPSA) is 45.0 Å². The molecule has 1 aliphatic carbocycles. The maximum Gasteiger partial charge on any atom is 0.110 e. The van der Waals surface area contributed by atoms with E-state index < -0.39 is 0 Å². The van der Waals surface area contributed by atoms with Gasteiger partial charge in [-0.15, -0.1) is 11.3 Å². The number of rotatable bonds is 5. The minimum absolute atomic E-state index is 0.200. The fourth-order valence-electron chi connectivity index (χ4n) is 2.47. The summed E-state index contributed by atoms with van der Waals surface area (Å²) in [7, 11) is 0. The molecule has 1 fully saturated rings. The van der Waals surface area contributed by atoms with E-state index in [4.69, 9.17) is 10.00 Å². The molecular formula is C14H20N2OS. The van der Waals surface area contributed by atoms with E-state index in [9.17, 15) is 0 Å². The van der Waals surface area contributed by atoms with Gasteiger partial charge in [-0.05, 0) is 25.5 Å². The summed E-state index contributed by atoms with van der Waals surface area (Å²) in [6, 6.07) is 6.59. The largest absolute Gasteiger partial charge is 0.378 e. The number of hydrogen-bond donors (Lipinski definition) is 1. The van der Waals surface area contributed by atoms with E-state index in [0.717, 1.165) is 24.4 Å². The lowest BCUT2D eigenvalue weighted by atomic mass is 9.64. The molecule has 1 N–H and O–H groups in total. The Bertz CT molecular complexity index is 447. The Hall–Kier alpha value is -0.890. The Morgan fingerprint density at radius 2 is 2.33 bits per heavy atom. The number of ether oxygens (including phenoxy) is 1. The van der Waals surface area contributed by atoms with Crippen molar-refractivity contribution in [1.82, 2.24) is 5.32 Å². The van der Waals surface area contributed by atoms with E-state index in [1.165, 1.54) is 4.88 Å². The van der Waals surface area contributed by atoms with Crippen molar-refractivity contribution in [2.24, 2.45) is 5.41 Å². The highest BCUT2D eigenvalue weighted by Gasteiger charge is 2.48. The van der Waals surface area contributed by atoms with Gasteiger partial charge in [0, 0.05) is 29.5 Å². The number of nitrogens with zero attached hydrogens (tertiary/aromatic N) is 1. The molecule has 0 bridgehead atoms. The molecule has 98 valence electrons. The number of nitrogens with one attached hydrogen (secondary N) is 1. The first kappa shape index (κ1) is 13.5. The summed E-state index contributed by atoms with van der Waals surface area (Å²) in [6.45, 7) is 8.19. The van der Waals surface area contributed by atoms with E-state index in [-0.39, 0.29) is 5.41 Å². The Kier molecular flexibility index (Phi) is 4.06. The second kappa shape index (κ2) is 5.40. The minimum Gasteiger partial charge on any atom is -0.378 e. The zero-order valence-corrected chi connectivity index (χ0v) is 12.0. The first-order chi connectivity index (χ1) is 8.57. The first-order valence-electron chi connectivity index (χ1n) is 6.41. The molecule has 0 spiro atoms. The van der Waals surface area contributed by atoms with Gasteiger partial charge in [-0.1, -0.05) is 13.8 Å². The van der Waals surface area contributed by atoms with Crippen LogP contribution in [0.1, 0.15) is 36.9 Å². The van der Waals surface area contributed by atoms with Crippen molar-refractivity contribution < 1.29 is 4.74 Å². The van der Waals surface area contributed by atoms with Gasteiger partial charge in [0.1, 0.15) is 10.9 Å². The molecule has 1 aliphatic rings. The normalized spacial score (nSPS) is 25.4. The van der Waals surface area contributed by atoms with Crippen molar-refractivity contribution in [1.29, 1.82) is 5.26 Å². The molecule has 2 rings (SSSR count). The Morgan fingerprint density at radius 3 is 2.89 bits per heavy atom. The lowest BCUT2D eigenvalue weighted by Crippen LogP contribution is -2.60. The average Bonchev–Trinajstić information content (AvgIpc) is 2.80. The molecule has 1 saturated carbocycles. The van der Waals surface area contributed by atoms with Gasteiger partial charge < -0.3 is 10.1 Å². The monoisotopic (exact) mass is 264 g/mol. The summed E-state index contributed by atoms with van der Waals surface area (Å²) in [5.74, 6) is 0. The van der Waals surface area contributed by atoms with Crippen LogP contribution in [0.4, 0.5) is 0 Å². The quantitative estimate of drug-likeness (QED) is 0.889. The second-order valence-electron chi connectivity index (χ2n) is 5.31. The van der Waals surface area contributed by atoms with Crippen molar-refractivity contribution in [3.8, 4) is 6.07 Å². The fraction of sp³-hybridized carbons (Fsp3) is 0.643. The van der Waals surface area contributed by atoms with Crippen LogP contribution in [0, 0.1) is 16.7 Å². The number of hydrogen-bond acceptors (Lipinski definition) is 4. The summed E-state index contributed by atoms with van der Waals surface area (Å²) < 4.78 is 5.72. The maximum atomic E-state index is 8.79. The van der Waals surface area contributed by atoms with Gasteiger partial charge in [0.15, 0.2) is 0 Å². The van der Waals surface area contributed by atoms with E-state index >= 15 is 0 Å². The zero-order chi connectivity index (χ0) is 13.2. The lowest BCUT2D eigenvalue weighted by Gasteiger charge is -2.51. The van der Waals surface area contributed by atoms with Crippen LogP contribution in [-0.2, 0) is 11.3 Å². The predicted molar refractivity (Wildman–Crippen MR) is 73.5 cm³/mol. The highest BCUT2D eigenvalue weighted by Crippen LogP contribution is 2.42. The van der Waals surface area contributed by atoms with Crippen LogP contribution in [0.3, 0.4) is 0 Å². The Balaban J connectivity index is 1.84. The molecule has 1 aromatic heterocycles. The summed E-state index contributed by atoms with van der Waals surface area (Å²) in [6.07, 6.45) is 1.45. The molecule has 0 amide bonds. The molecule has 2 unspecified atom stereocenters. The smallest absolute Gasteiger partial charge is 0.110 e. The molecule has 4 heteroatoms. The van der Waals surface area contributed by atoms with E-state index in [2.05, 4.69) is 25.2 Å². The third-order valence-corrected chi connectivity index (χ3v) is 4.83. The molecule has 0 aliphatic heterocycles. The van der Waals surface area contributed by atoms with Crippen LogP contribution >= 0.6 is 11.3 Å². The van der Waals surface area contributed by atoms with Gasteiger partial charge >= 0.3 is 0 Å². The summed E-state index contributed by atoms with van der Waals surface area (Å²) in [5, 5.41) is 12.4. The minimum atomic E-state index is 0.200. The standard InChI is InChI=1S/C14H20N2OS/c1-4-17-13-7-12(14(13,2)3)16-9-11-6-5-10(8-15)18-11/h5-6,12-13,16H,4,7,9H2,1-3H3. The molecule has 2 atom stereocenters. The molecular weight excluding hydrogens is 244 g/mol. The van der Waals surface area contributed by atoms with Gasteiger partial charge in [0.05, 0.1) is 6.10 Å². The number of nitriles is 1. The fourth-order valence-corrected chi connectivity index (χ4v) is 3.23. The van der Waals surface area contributed by atoms with E-state index in [1.807, 2.05) is 19.1 Å². The molecule has 0 aromatic carbocycles. The molecule has 1 aromatic rings. The van der Waals surface area contributed by atoms with Crippen LogP contribution < -0.4 is 5.32 Å². The van der Waals surface area contributed by atoms with Gasteiger partial charge in [0.25, 0.3) is 0 Å². The summed E-state index contributed by atoms with van der Waals surface area (Å²) >= 11 is 1.57. The highest BCUT2D eigenvalue weighted by molar-refractivity contribution is 7.12. The molecule has 0 radical (unpaired) electrons. The number of thiophene rings is 1. The average molecular weight is 264 g/mol. The Labute approximate surface area is 113 Å². The van der Waals surface area contributed by atoms with Gasteiger partial charge in [-0.2, -0.15) is 5.26 Å². The van der Waals surface area contributed by atoms with Crippen LogP contribution in [0.2, 0.25) is 0 Å². The SMILES string of the molecule is CCOC1CC(NCc2ccc(C#N)s2)C1(C)C. The summed E-state index contributed by atoms with van der Waals surface area (Å²) in [4.78, 5) is 2.01. The van der Waals surface area contributed by atoms with Crippen molar-refractivity contribution in [3.63, 3.8) is 0 Å². The molecule has 3 nitrogen and oxygen atoms in total. The van der Waals surface area contributed by atoms with E-state index in [1.54, 1.807) is 11.3 Å². The predicted octanol–water partition coefficient (Wildman–Crippen LogP) is 2.91. The van der Waals surface area contributed by atoms with Gasteiger partial charge in [0.2, 0.25) is 0 Å². The maximum absolute atomic E-state index is 8.79. The zero-order valence-electron chi connectivity index (χ0n) is 11.2. The van der Waals surface area contributed by atoms with Crippen molar-refractivity contribution in [2.75, 3.05) is 6.61 Å². The van der Waals surface area contributed by atoms with Crippen molar-refractivity contribution in [3.05, 3.63) is 21.9 Å². The lowest BCUT2D eigenvalue weighted by molar-refractivity contribution is -0.114. The summed E-state index contributed by atoms with van der Waals surface area (Å²) in [5.41, 5.74) is 0.200. The molecule has 0 saturated heterocycles. The van der Waals surface area contributed by atoms with Crippen LogP contribution in [0.25, 0.3) is 0 Å². The van der Waals surface area contributed by atoms with Crippen LogP contribution in [-0.4, -0.2) is 18.8 Å². The highest BCUT2D eigenvalue weighted by atomic mass is 32.1. The molecule has 1 heterocycles. The van der Waals surface area contributed by atoms with Gasteiger partial charge in [-0.3, -0.25) is 0 Å². The molecule has 18 heavy (non-hydrogen) atoms.